The van der Waals surface area contributed by atoms with Gasteiger partial charge in [-0.3, -0.25) is 4.79 Å². The number of unbranched alkanes of at least 4 members (excludes halogenated alkanes) is 2. The van der Waals surface area contributed by atoms with Crippen molar-refractivity contribution in [3.8, 4) is 0 Å². The van der Waals surface area contributed by atoms with Crippen LogP contribution >= 0.6 is 0 Å². The molecule has 0 radical (unpaired) electrons. The van der Waals surface area contributed by atoms with Crippen LogP contribution in [0.1, 0.15) is 46.5 Å². The monoisotopic (exact) mass is 257 g/mol. The summed E-state index contributed by atoms with van der Waals surface area (Å²) in [6.07, 6.45) is 4.72. The van der Waals surface area contributed by atoms with Gasteiger partial charge in [-0.15, -0.1) is 0 Å². The molecule has 0 aliphatic carbocycles. The maximum absolute atomic E-state index is 12.0. The second-order valence-corrected chi connectivity index (χ2v) is 5.93. The van der Waals surface area contributed by atoms with Crippen molar-refractivity contribution >= 4 is 5.91 Å². The first-order valence-corrected chi connectivity index (χ1v) is 7.26. The van der Waals surface area contributed by atoms with Crippen LogP contribution in [0.3, 0.4) is 0 Å². The molecule has 4 nitrogen and oxygen atoms in total. The Hall–Kier alpha value is -0.610. The Balaban J connectivity index is 2.24. The Morgan fingerprint density at radius 1 is 1.28 bits per heavy atom. The van der Waals surface area contributed by atoms with E-state index in [1.807, 2.05) is 0 Å². The van der Waals surface area contributed by atoms with Crippen molar-refractivity contribution in [1.82, 2.24) is 5.32 Å². The van der Waals surface area contributed by atoms with Crippen molar-refractivity contribution < 1.29 is 14.4 Å². The van der Waals surface area contributed by atoms with Gasteiger partial charge in [0.05, 0.1) is 13.2 Å². The van der Waals surface area contributed by atoms with Gasteiger partial charge in [-0.1, -0.05) is 26.2 Å². The first kappa shape index (κ1) is 15.4. The molecule has 0 atom stereocenters. The summed E-state index contributed by atoms with van der Waals surface area (Å²) >= 11 is 0. The van der Waals surface area contributed by atoms with Gasteiger partial charge in [-0.05, 0) is 20.3 Å². The molecule has 1 aliphatic heterocycles. The van der Waals surface area contributed by atoms with E-state index >= 15 is 0 Å². The third kappa shape index (κ3) is 6.36. The predicted octanol–water partition coefficient (Wildman–Crippen LogP) is 0.377. The quantitative estimate of drug-likeness (QED) is 0.647. The maximum Gasteiger partial charge on any atom is 0.275 e. The number of quaternary nitrogens is 1. The van der Waals surface area contributed by atoms with Crippen molar-refractivity contribution in [2.45, 2.75) is 52.0 Å². The molecule has 0 unspecified atom stereocenters. The van der Waals surface area contributed by atoms with Gasteiger partial charge < -0.3 is 15.0 Å². The Kier molecular flexibility index (Phi) is 6.65. The molecule has 0 spiro atoms. The predicted molar refractivity (Wildman–Crippen MR) is 72.7 cm³/mol. The van der Waals surface area contributed by atoms with Crippen molar-refractivity contribution in [2.75, 3.05) is 32.8 Å². The molecule has 2 N–H and O–H groups in total. The van der Waals surface area contributed by atoms with Crippen LogP contribution in [0.4, 0.5) is 0 Å². The summed E-state index contributed by atoms with van der Waals surface area (Å²) in [4.78, 5) is 13.3. The fraction of sp³-hybridized carbons (Fsp3) is 0.929. The number of ether oxygens (including phenoxy) is 1. The molecule has 1 fully saturated rings. The van der Waals surface area contributed by atoms with E-state index in [1.165, 1.54) is 24.2 Å². The average molecular weight is 257 g/mol. The lowest BCUT2D eigenvalue weighted by molar-refractivity contribution is -0.900. The van der Waals surface area contributed by atoms with E-state index in [4.69, 9.17) is 4.74 Å². The van der Waals surface area contributed by atoms with Gasteiger partial charge in [0.25, 0.3) is 5.91 Å². The van der Waals surface area contributed by atoms with Crippen LogP contribution in [0.25, 0.3) is 0 Å². The molecule has 1 amide bonds. The third-order valence-electron chi connectivity index (χ3n) is 3.49. The van der Waals surface area contributed by atoms with Gasteiger partial charge in [-0.2, -0.15) is 0 Å². The highest BCUT2D eigenvalue weighted by atomic mass is 16.5. The Bertz CT molecular complexity index is 248. The van der Waals surface area contributed by atoms with E-state index in [1.54, 1.807) is 0 Å². The normalized spacial score (nSPS) is 17.7. The van der Waals surface area contributed by atoms with Crippen molar-refractivity contribution in [3.63, 3.8) is 0 Å². The van der Waals surface area contributed by atoms with Crippen LogP contribution in [0.2, 0.25) is 0 Å². The zero-order valence-electron chi connectivity index (χ0n) is 12.2. The zero-order chi connectivity index (χ0) is 13.4. The molecule has 1 rings (SSSR count). The van der Waals surface area contributed by atoms with Gasteiger partial charge in [-0.25, -0.2) is 0 Å². The van der Waals surface area contributed by atoms with E-state index in [0.717, 1.165) is 32.7 Å². The molecule has 0 saturated carbocycles. The minimum atomic E-state index is -0.0714. The second kappa shape index (κ2) is 7.74. The van der Waals surface area contributed by atoms with E-state index in [9.17, 15) is 4.79 Å². The summed E-state index contributed by atoms with van der Waals surface area (Å²) in [5.74, 6) is 0.174. The number of morpholine rings is 1. The minimum absolute atomic E-state index is 0.0714. The molecular weight excluding hydrogens is 228 g/mol. The molecule has 0 aromatic rings. The summed E-state index contributed by atoms with van der Waals surface area (Å²) in [6.45, 7) is 10.5. The molecule has 0 bridgehead atoms. The molecule has 1 saturated heterocycles. The fourth-order valence-corrected chi connectivity index (χ4v) is 2.36. The van der Waals surface area contributed by atoms with Gasteiger partial charge >= 0.3 is 0 Å². The zero-order valence-corrected chi connectivity index (χ0v) is 12.2. The van der Waals surface area contributed by atoms with Crippen molar-refractivity contribution in [1.29, 1.82) is 0 Å². The summed E-state index contributed by atoms with van der Waals surface area (Å²) in [5, 5.41) is 3.16. The number of amides is 1. The van der Waals surface area contributed by atoms with Gasteiger partial charge in [0.2, 0.25) is 0 Å². The van der Waals surface area contributed by atoms with Crippen molar-refractivity contribution in [2.24, 2.45) is 0 Å². The fourth-order valence-electron chi connectivity index (χ4n) is 2.36. The average Bonchev–Trinajstić information content (AvgIpc) is 2.29. The van der Waals surface area contributed by atoms with E-state index in [0.29, 0.717) is 6.54 Å². The molecule has 0 aromatic heterocycles. The topological polar surface area (TPSA) is 42.8 Å². The largest absolute Gasteiger partial charge is 0.370 e. The first-order chi connectivity index (χ1) is 8.53. The number of hydrogen-bond donors (Lipinski definition) is 2. The van der Waals surface area contributed by atoms with E-state index in [2.05, 4.69) is 26.1 Å². The molecule has 1 aliphatic rings. The van der Waals surface area contributed by atoms with Gasteiger partial charge in [0.15, 0.2) is 6.54 Å². The lowest BCUT2D eigenvalue weighted by Gasteiger charge is -2.28. The minimum Gasteiger partial charge on any atom is -0.370 e. The lowest BCUT2D eigenvalue weighted by atomic mass is 9.96. The summed E-state index contributed by atoms with van der Waals surface area (Å²) in [6, 6.07) is 0. The standard InChI is InChI=1S/C14H28N2O2/c1-4-5-6-7-14(2,3)15-13(17)12-16-8-10-18-11-9-16/h4-12H2,1-3H3,(H,15,17)/p+1. The van der Waals surface area contributed by atoms with Crippen LogP contribution in [0, 0.1) is 0 Å². The second-order valence-electron chi connectivity index (χ2n) is 5.93. The van der Waals surface area contributed by atoms with Crippen LogP contribution in [0.5, 0.6) is 0 Å². The highest BCUT2D eigenvalue weighted by Crippen LogP contribution is 2.13. The summed E-state index contributed by atoms with van der Waals surface area (Å²) in [7, 11) is 0. The molecule has 1 heterocycles. The molecule has 4 heteroatoms. The number of rotatable bonds is 7. The smallest absolute Gasteiger partial charge is 0.275 e. The first-order valence-electron chi connectivity index (χ1n) is 7.26. The Morgan fingerprint density at radius 3 is 2.56 bits per heavy atom. The number of nitrogens with one attached hydrogen (secondary N) is 2. The van der Waals surface area contributed by atoms with Crippen LogP contribution in [0.15, 0.2) is 0 Å². The maximum atomic E-state index is 12.0. The number of hydrogen-bond acceptors (Lipinski definition) is 2. The van der Waals surface area contributed by atoms with Crippen molar-refractivity contribution in [3.05, 3.63) is 0 Å². The van der Waals surface area contributed by atoms with Crippen LogP contribution in [-0.4, -0.2) is 44.3 Å². The van der Waals surface area contributed by atoms with Crippen LogP contribution < -0.4 is 10.2 Å². The highest BCUT2D eigenvalue weighted by molar-refractivity contribution is 5.77. The molecule has 106 valence electrons. The number of carbonyl (C=O) groups excluding carboxylic acids is 1. The van der Waals surface area contributed by atoms with E-state index < -0.39 is 0 Å². The summed E-state index contributed by atoms with van der Waals surface area (Å²) < 4.78 is 5.30. The van der Waals surface area contributed by atoms with Crippen LogP contribution in [-0.2, 0) is 9.53 Å². The molecular formula is C14H29N2O2+. The Labute approximate surface area is 111 Å². The number of carbonyl (C=O) groups is 1. The van der Waals surface area contributed by atoms with Gasteiger partial charge in [0.1, 0.15) is 13.1 Å². The third-order valence-corrected chi connectivity index (χ3v) is 3.49. The molecule has 18 heavy (non-hydrogen) atoms. The molecule has 0 aromatic carbocycles. The Morgan fingerprint density at radius 2 is 1.94 bits per heavy atom. The van der Waals surface area contributed by atoms with Gasteiger partial charge in [0, 0.05) is 5.54 Å². The lowest BCUT2D eigenvalue weighted by Crippen LogP contribution is -3.15. The highest BCUT2D eigenvalue weighted by Gasteiger charge is 2.23. The van der Waals surface area contributed by atoms with E-state index in [-0.39, 0.29) is 11.4 Å². The SMILES string of the molecule is CCCCCC(C)(C)NC(=O)C[NH+]1CCOCC1. The summed E-state index contributed by atoms with van der Waals surface area (Å²) in [5.41, 5.74) is -0.0714.